The van der Waals surface area contributed by atoms with Crippen LogP contribution < -0.4 is 0 Å². The molecule has 4 atom stereocenters. The van der Waals surface area contributed by atoms with E-state index in [1.807, 2.05) is 0 Å². The lowest BCUT2D eigenvalue weighted by Crippen LogP contribution is -2.45. The largest absolute Gasteiger partial charge is 0.380 e. The van der Waals surface area contributed by atoms with Crippen LogP contribution in [-0.2, 0) is 9.47 Å². The lowest BCUT2D eigenvalue weighted by molar-refractivity contribution is 0.107. The van der Waals surface area contributed by atoms with Gasteiger partial charge in [0.25, 0.3) is 0 Å². The van der Waals surface area contributed by atoms with Crippen LogP contribution >= 0.6 is 15.8 Å². The number of hydrogen-bond acceptors (Lipinski definition) is 2. The van der Waals surface area contributed by atoms with Gasteiger partial charge in [0.1, 0.15) is 0 Å². The summed E-state index contributed by atoms with van der Waals surface area (Å²) in [6.07, 6.45) is 2.57. The molecule has 0 radical (unpaired) electrons. The van der Waals surface area contributed by atoms with Crippen LogP contribution in [0.15, 0.2) is 0 Å². The van der Waals surface area contributed by atoms with E-state index in [2.05, 4.69) is 41.5 Å². The Morgan fingerprint density at radius 2 is 1.05 bits per heavy atom. The van der Waals surface area contributed by atoms with Crippen LogP contribution in [-0.4, -0.2) is 60.4 Å². The second-order valence-corrected chi connectivity index (χ2v) is 14.8. The number of ether oxygens (including phenoxy) is 2. The van der Waals surface area contributed by atoms with Crippen molar-refractivity contribution in [3.8, 4) is 0 Å². The molecular formula is C16H32O2P2. The maximum atomic E-state index is 5.89. The summed E-state index contributed by atoms with van der Waals surface area (Å²) in [5.41, 5.74) is 1.51. The Morgan fingerprint density at radius 3 is 1.35 bits per heavy atom. The molecule has 2 rings (SSSR count). The first kappa shape index (κ1) is 17.1. The van der Waals surface area contributed by atoms with E-state index in [9.17, 15) is 0 Å². The molecule has 0 saturated carbocycles. The first-order chi connectivity index (χ1) is 9.21. The molecule has 4 heteroatoms. The molecule has 0 unspecified atom stereocenters. The van der Waals surface area contributed by atoms with Crippen molar-refractivity contribution < 1.29 is 9.47 Å². The molecule has 0 aromatic rings. The molecule has 0 N–H and O–H groups in total. The minimum absolute atomic E-state index is 0.0384. The lowest BCUT2D eigenvalue weighted by atomic mass is 10.2. The van der Waals surface area contributed by atoms with Crippen LogP contribution in [0.25, 0.3) is 0 Å². The molecule has 20 heavy (non-hydrogen) atoms. The fraction of sp³-hybridized carbons (Fsp3) is 1.00. The monoisotopic (exact) mass is 318 g/mol. The van der Waals surface area contributed by atoms with Crippen molar-refractivity contribution in [3.63, 3.8) is 0 Å². The van der Waals surface area contributed by atoms with Gasteiger partial charge in [-0.15, -0.1) is 0 Å². The van der Waals surface area contributed by atoms with E-state index in [4.69, 9.17) is 9.47 Å². The molecule has 2 heterocycles. The molecule has 0 bridgehead atoms. The minimum atomic E-state index is 0.0384. The maximum Gasteiger partial charge on any atom is 0.0540 e. The van der Waals surface area contributed by atoms with Crippen LogP contribution in [0.3, 0.4) is 0 Å². The molecule has 2 saturated heterocycles. The third-order valence-corrected chi connectivity index (χ3v) is 12.1. The zero-order valence-electron chi connectivity index (χ0n) is 14.1. The van der Waals surface area contributed by atoms with Gasteiger partial charge in [0.2, 0.25) is 0 Å². The molecule has 0 aromatic carbocycles. The Morgan fingerprint density at radius 1 is 0.700 bits per heavy atom. The SMILES string of the molecule is CC(C)(C)[P@]1CCOC[C@@H]1[C@H]1COCC[P@@]1C(C)(C)C. The first-order valence-corrected chi connectivity index (χ1v) is 11.1. The standard InChI is InChI=1S/C16H32O2P2/c1-15(2,3)19-9-7-17-11-13(19)14-12-18-8-10-20(14)16(4,5)6/h13-14H,7-12H2,1-6H3/t13-,14-,19-,20-/m1/s1. The van der Waals surface area contributed by atoms with E-state index in [0.29, 0.717) is 10.3 Å². The van der Waals surface area contributed by atoms with Gasteiger partial charge in [-0.2, -0.15) is 0 Å². The maximum absolute atomic E-state index is 5.89. The molecule has 0 spiro atoms. The van der Waals surface area contributed by atoms with Crippen molar-refractivity contribution in [1.29, 1.82) is 0 Å². The highest BCUT2D eigenvalue weighted by molar-refractivity contribution is 7.64. The third-order valence-electron chi connectivity index (χ3n) is 4.50. The molecule has 0 aliphatic carbocycles. The van der Waals surface area contributed by atoms with Crippen molar-refractivity contribution in [2.24, 2.45) is 0 Å². The fourth-order valence-corrected chi connectivity index (χ4v) is 10.7. The highest BCUT2D eigenvalue weighted by Crippen LogP contribution is 2.64. The zero-order chi connectivity index (χ0) is 15.0. The van der Waals surface area contributed by atoms with Gasteiger partial charge < -0.3 is 9.47 Å². The average Bonchev–Trinajstić information content (AvgIpc) is 2.37. The van der Waals surface area contributed by atoms with Crippen LogP contribution in [0, 0.1) is 0 Å². The number of hydrogen-bond donors (Lipinski definition) is 0. The molecular weight excluding hydrogens is 286 g/mol. The van der Waals surface area contributed by atoms with Gasteiger partial charge in [-0.25, -0.2) is 0 Å². The highest BCUT2D eigenvalue weighted by atomic mass is 31.1. The molecule has 2 nitrogen and oxygen atoms in total. The fourth-order valence-electron chi connectivity index (χ4n) is 3.55. The average molecular weight is 318 g/mol. The van der Waals surface area contributed by atoms with E-state index in [1.54, 1.807) is 0 Å². The van der Waals surface area contributed by atoms with Gasteiger partial charge in [0.15, 0.2) is 0 Å². The van der Waals surface area contributed by atoms with Crippen LogP contribution in [0.5, 0.6) is 0 Å². The first-order valence-electron chi connectivity index (χ1n) is 7.90. The summed E-state index contributed by atoms with van der Waals surface area (Å²) in [7, 11) is 0.0767. The van der Waals surface area contributed by atoms with Crippen LogP contribution in [0.2, 0.25) is 0 Å². The Labute approximate surface area is 127 Å². The molecule has 2 aliphatic heterocycles. The van der Waals surface area contributed by atoms with E-state index in [-0.39, 0.29) is 15.8 Å². The van der Waals surface area contributed by atoms with Gasteiger partial charge in [0.05, 0.1) is 26.4 Å². The number of rotatable bonds is 1. The smallest absolute Gasteiger partial charge is 0.0540 e. The van der Waals surface area contributed by atoms with E-state index >= 15 is 0 Å². The van der Waals surface area contributed by atoms with E-state index < -0.39 is 0 Å². The zero-order valence-corrected chi connectivity index (χ0v) is 15.9. The third kappa shape index (κ3) is 3.95. The Kier molecular flexibility index (Phi) is 5.56. The van der Waals surface area contributed by atoms with Gasteiger partial charge >= 0.3 is 0 Å². The van der Waals surface area contributed by atoms with Gasteiger partial charge in [-0.05, 0) is 22.6 Å². The Hall–Kier alpha value is 0.780. The van der Waals surface area contributed by atoms with Crippen molar-refractivity contribution in [2.45, 2.75) is 63.2 Å². The minimum Gasteiger partial charge on any atom is -0.380 e. The summed E-state index contributed by atoms with van der Waals surface area (Å²) in [5, 5.41) is 0.889. The summed E-state index contributed by atoms with van der Waals surface area (Å²) in [4.78, 5) is 0. The van der Waals surface area contributed by atoms with Gasteiger partial charge in [0, 0.05) is 11.3 Å². The summed E-state index contributed by atoms with van der Waals surface area (Å²) < 4.78 is 11.8. The van der Waals surface area contributed by atoms with Crippen molar-refractivity contribution in [3.05, 3.63) is 0 Å². The quantitative estimate of drug-likeness (QED) is 0.669. The van der Waals surface area contributed by atoms with Crippen molar-refractivity contribution in [1.82, 2.24) is 0 Å². The molecule has 118 valence electrons. The summed E-state index contributed by atoms with van der Waals surface area (Å²) in [6, 6.07) is 0. The lowest BCUT2D eigenvalue weighted by Gasteiger charge is -2.50. The van der Waals surface area contributed by atoms with Gasteiger partial charge in [-0.3, -0.25) is 0 Å². The predicted octanol–water partition coefficient (Wildman–Crippen LogP) is 4.34. The van der Waals surface area contributed by atoms with Crippen molar-refractivity contribution >= 4 is 15.8 Å². The second kappa shape index (κ2) is 6.49. The molecule has 2 fully saturated rings. The molecule has 2 aliphatic rings. The normalized spacial score (nSPS) is 36.9. The molecule has 0 amide bonds. The van der Waals surface area contributed by atoms with E-state index in [1.165, 1.54) is 12.3 Å². The van der Waals surface area contributed by atoms with Gasteiger partial charge in [-0.1, -0.05) is 57.4 Å². The Bertz CT molecular complexity index is 287. The molecule has 0 aromatic heterocycles. The topological polar surface area (TPSA) is 18.5 Å². The van der Waals surface area contributed by atoms with Crippen LogP contribution in [0.1, 0.15) is 41.5 Å². The van der Waals surface area contributed by atoms with Crippen molar-refractivity contribution in [2.75, 3.05) is 38.8 Å². The van der Waals surface area contributed by atoms with Crippen LogP contribution in [0.4, 0.5) is 0 Å². The predicted molar refractivity (Wildman–Crippen MR) is 92.3 cm³/mol. The highest BCUT2D eigenvalue weighted by Gasteiger charge is 2.45. The summed E-state index contributed by atoms with van der Waals surface area (Å²) >= 11 is 0. The second-order valence-electron chi connectivity index (χ2n) is 8.01. The van der Waals surface area contributed by atoms with E-state index in [0.717, 1.165) is 37.7 Å². The summed E-state index contributed by atoms with van der Waals surface area (Å²) in [5.74, 6) is 0. The Balaban J connectivity index is 2.21. The summed E-state index contributed by atoms with van der Waals surface area (Å²) in [6.45, 7) is 18.5.